The fraction of sp³-hybridized carbons (Fsp3) is 0.250. The molecule has 24 heavy (non-hydrogen) atoms. The van der Waals surface area contributed by atoms with Crippen molar-refractivity contribution in [3.05, 3.63) is 53.7 Å². The molecule has 0 saturated heterocycles. The van der Waals surface area contributed by atoms with Gasteiger partial charge in [0.25, 0.3) is 5.91 Å². The van der Waals surface area contributed by atoms with E-state index in [9.17, 15) is 9.59 Å². The number of amidine groups is 1. The summed E-state index contributed by atoms with van der Waals surface area (Å²) in [5.41, 5.74) is 0.637. The second-order valence-corrected chi connectivity index (χ2v) is 5.09. The highest BCUT2D eigenvalue weighted by atomic mass is 16.6. The maximum Gasteiger partial charge on any atom is 0.373 e. The molecular weight excluding hydrogens is 314 g/mol. The standard InChI is InChI=1S/C16H15N3O5/c1-10-15(20)19(9-12-5-6-13(23-12)16(21)22-2)14(18-24-10)11-4-3-7-17-8-11/h3-8,10H,9H2,1-2H3. The van der Waals surface area contributed by atoms with E-state index in [-0.39, 0.29) is 18.2 Å². The molecule has 3 rings (SSSR count). The van der Waals surface area contributed by atoms with Crippen LogP contribution in [0.4, 0.5) is 0 Å². The summed E-state index contributed by atoms with van der Waals surface area (Å²) >= 11 is 0. The van der Waals surface area contributed by atoms with Gasteiger partial charge >= 0.3 is 5.97 Å². The highest BCUT2D eigenvalue weighted by molar-refractivity contribution is 6.09. The van der Waals surface area contributed by atoms with Crippen molar-refractivity contribution in [1.82, 2.24) is 9.88 Å². The van der Waals surface area contributed by atoms with Crippen LogP contribution in [0.25, 0.3) is 0 Å². The lowest BCUT2D eigenvalue weighted by Crippen LogP contribution is -2.46. The molecule has 0 saturated carbocycles. The number of nitrogens with zero attached hydrogens (tertiary/aromatic N) is 3. The Balaban J connectivity index is 1.89. The van der Waals surface area contributed by atoms with Crippen LogP contribution in [0, 0.1) is 0 Å². The molecule has 1 amide bonds. The maximum absolute atomic E-state index is 12.5. The largest absolute Gasteiger partial charge is 0.463 e. The second kappa shape index (κ2) is 6.53. The zero-order chi connectivity index (χ0) is 17.1. The molecule has 1 unspecified atom stereocenters. The maximum atomic E-state index is 12.5. The summed E-state index contributed by atoms with van der Waals surface area (Å²) in [7, 11) is 1.27. The van der Waals surface area contributed by atoms with Crippen LogP contribution < -0.4 is 0 Å². The number of carbonyl (C=O) groups excluding carboxylic acids is 2. The number of hydrogen-bond acceptors (Lipinski definition) is 7. The van der Waals surface area contributed by atoms with Crippen LogP contribution in [0.5, 0.6) is 0 Å². The zero-order valence-corrected chi connectivity index (χ0v) is 13.1. The van der Waals surface area contributed by atoms with Crippen LogP contribution in [0.15, 0.2) is 46.2 Å². The van der Waals surface area contributed by atoms with Crippen molar-refractivity contribution in [2.24, 2.45) is 5.16 Å². The SMILES string of the molecule is COC(=O)c1ccc(CN2C(=O)C(C)ON=C2c2cccnc2)o1. The third-order valence-corrected chi connectivity index (χ3v) is 3.45. The number of esters is 1. The number of carbonyl (C=O) groups is 2. The number of methoxy groups -OCH3 is 1. The van der Waals surface area contributed by atoms with Crippen LogP contribution in [-0.2, 0) is 20.9 Å². The van der Waals surface area contributed by atoms with Gasteiger partial charge in [-0.25, -0.2) is 4.79 Å². The van der Waals surface area contributed by atoms with Crippen LogP contribution in [-0.4, -0.2) is 40.8 Å². The number of hydrogen-bond donors (Lipinski definition) is 0. The van der Waals surface area contributed by atoms with Gasteiger partial charge in [0.15, 0.2) is 5.84 Å². The Morgan fingerprint density at radius 1 is 1.38 bits per heavy atom. The van der Waals surface area contributed by atoms with Crippen molar-refractivity contribution in [3.63, 3.8) is 0 Å². The normalized spacial score (nSPS) is 17.2. The number of amides is 1. The fourth-order valence-corrected chi connectivity index (χ4v) is 2.23. The minimum atomic E-state index is -0.708. The first-order valence-corrected chi connectivity index (χ1v) is 7.22. The molecule has 2 aromatic heterocycles. The smallest absolute Gasteiger partial charge is 0.373 e. The van der Waals surface area contributed by atoms with E-state index in [2.05, 4.69) is 14.9 Å². The average Bonchev–Trinajstić information content (AvgIpc) is 3.08. The van der Waals surface area contributed by atoms with E-state index < -0.39 is 12.1 Å². The molecule has 8 heteroatoms. The summed E-state index contributed by atoms with van der Waals surface area (Å²) < 4.78 is 10.0. The summed E-state index contributed by atoms with van der Waals surface area (Å²) in [6.07, 6.45) is 2.50. The Morgan fingerprint density at radius 2 is 2.21 bits per heavy atom. The Hall–Kier alpha value is -3.16. The van der Waals surface area contributed by atoms with E-state index in [0.717, 1.165) is 0 Å². The molecule has 0 N–H and O–H groups in total. The molecule has 3 heterocycles. The lowest BCUT2D eigenvalue weighted by molar-refractivity contribution is -0.142. The van der Waals surface area contributed by atoms with Gasteiger partial charge in [-0.2, -0.15) is 0 Å². The van der Waals surface area contributed by atoms with Crippen molar-refractivity contribution >= 4 is 17.7 Å². The molecule has 0 spiro atoms. The van der Waals surface area contributed by atoms with Gasteiger partial charge in [-0.1, -0.05) is 5.16 Å². The number of aromatic nitrogens is 1. The quantitative estimate of drug-likeness (QED) is 0.790. The molecule has 0 bridgehead atoms. The van der Waals surface area contributed by atoms with Gasteiger partial charge in [0.1, 0.15) is 5.76 Å². The molecule has 0 aromatic carbocycles. The van der Waals surface area contributed by atoms with Gasteiger partial charge in [0, 0.05) is 18.0 Å². The second-order valence-electron chi connectivity index (χ2n) is 5.09. The lowest BCUT2D eigenvalue weighted by atomic mass is 10.2. The van der Waals surface area contributed by atoms with Gasteiger partial charge < -0.3 is 14.0 Å². The Bertz CT molecular complexity index is 784. The molecule has 0 radical (unpaired) electrons. The molecule has 1 atom stereocenters. The molecule has 124 valence electrons. The van der Waals surface area contributed by atoms with E-state index in [0.29, 0.717) is 17.2 Å². The summed E-state index contributed by atoms with van der Waals surface area (Å²) in [5.74, 6) is -0.0123. The van der Waals surface area contributed by atoms with Gasteiger partial charge in [0.05, 0.1) is 13.7 Å². The minimum Gasteiger partial charge on any atom is -0.463 e. The first kappa shape index (κ1) is 15.7. The predicted molar refractivity (Wildman–Crippen MR) is 81.9 cm³/mol. The molecule has 0 fully saturated rings. The van der Waals surface area contributed by atoms with Gasteiger partial charge in [-0.15, -0.1) is 0 Å². The summed E-state index contributed by atoms with van der Waals surface area (Å²) in [6, 6.07) is 6.62. The van der Waals surface area contributed by atoms with E-state index in [1.54, 1.807) is 37.5 Å². The molecule has 8 nitrogen and oxygen atoms in total. The van der Waals surface area contributed by atoms with Gasteiger partial charge in [0.2, 0.25) is 11.9 Å². The van der Waals surface area contributed by atoms with E-state index in [1.165, 1.54) is 18.1 Å². The Kier molecular flexibility index (Phi) is 4.28. The average molecular weight is 329 g/mol. The topological polar surface area (TPSA) is 94.2 Å². The van der Waals surface area contributed by atoms with Crippen molar-refractivity contribution in [2.45, 2.75) is 19.6 Å². The van der Waals surface area contributed by atoms with E-state index in [4.69, 9.17) is 9.25 Å². The zero-order valence-electron chi connectivity index (χ0n) is 13.1. The number of oxime groups is 1. The molecular formula is C16H15N3O5. The Morgan fingerprint density at radius 3 is 2.92 bits per heavy atom. The Labute approximate surface area is 137 Å². The highest BCUT2D eigenvalue weighted by Crippen LogP contribution is 2.19. The van der Waals surface area contributed by atoms with Crippen molar-refractivity contribution in [3.8, 4) is 0 Å². The molecule has 1 aliphatic rings. The number of pyridine rings is 1. The van der Waals surface area contributed by atoms with Crippen molar-refractivity contribution in [1.29, 1.82) is 0 Å². The van der Waals surface area contributed by atoms with Crippen LogP contribution in [0.1, 0.15) is 28.8 Å². The summed E-state index contributed by atoms with van der Waals surface area (Å²) in [6.45, 7) is 1.72. The van der Waals surface area contributed by atoms with Crippen molar-refractivity contribution in [2.75, 3.05) is 7.11 Å². The molecule has 2 aromatic rings. The summed E-state index contributed by atoms with van der Waals surface area (Å²) in [5, 5.41) is 4.02. The lowest BCUT2D eigenvalue weighted by Gasteiger charge is -2.29. The van der Waals surface area contributed by atoms with E-state index in [1.807, 2.05) is 0 Å². The fourth-order valence-electron chi connectivity index (χ4n) is 2.23. The third-order valence-electron chi connectivity index (χ3n) is 3.45. The summed E-state index contributed by atoms with van der Waals surface area (Å²) in [4.78, 5) is 34.6. The number of ether oxygens (including phenoxy) is 1. The van der Waals surface area contributed by atoms with E-state index >= 15 is 0 Å². The molecule has 0 aliphatic carbocycles. The third kappa shape index (κ3) is 2.98. The highest BCUT2D eigenvalue weighted by Gasteiger charge is 2.32. The first-order valence-electron chi connectivity index (χ1n) is 7.22. The number of rotatable bonds is 4. The monoisotopic (exact) mass is 329 g/mol. The first-order chi connectivity index (χ1) is 11.6. The van der Waals surface area contributed by atoms with Crippen LogP contribution in [0.3, 0.4) is 0 Å². The van der Waals surface area contributed by atoms with Crippen LogP contribution >= 0.6 is 0 Å². The van der Waals surface area contributed by atoms with Crippen molar-refractivity contribution < 1.29 is 23.6 Å². The minimum absolute atomic E-state index is 0.0705. The van der Waals surface area contributed by atoms with Gasteiger partial charge in [-0.3, -0.25) is 14.7 Å². The number of furan rings is 1. The van der Waals surface area contributed by atoms with Gasteiger partial charge in [-0.05, 0) is 31.2 Å². The molecule has 1 aliphatic heterocycles. The van der Waals surface area contributed by atoms with Crippen LogP contribution in [0.2, 0.25) is 0 Å². The predicted octanol–water partition coefficient (Wildman–Crippen LogP) is 1.57.